The molecular formula is C19H20N4O2. The van der Waals surface area contributed by atoms with Crippen molar-refractivity contribution < 1.29 is 9.21 Å². The monoisotopic (exact) mass is 336 g/mol. The Hall–Kier alpha value is -3.15. The van der Waals surface area contributed by atoms with E-state index in [2.05, 4.69) is 40.5 Å². The molecule has 1 amide bonds. The molecule has 0 aliphatic heterocycles. The maximum atomic E-state index is 12.2. The number of aromatic nitrogens is 2. The summed E-state index contributed by atoms with van der Waals surface area (Å²) in [6.07, 6.45) is 2.95. The van der Waals surface area contributed by atoms with Gasteiger partial charge in [0.15, 0.2) is 0 Å². The first-order chi connectivity index (χ1) is 12.1. The minimum atomic E-state index is -0.279. The van der Waals surface area contributed by atoms with Crippen LogP contribution in [0.5, 0.6) is 0 Å². The molecule has 0 fully saturated rings. The molecular weight excluding hydrogens is 316 g/mol. The molecule has 3 aromatic rings. The molecule has 2 aromatic heterocycles. The van der Waals surface area contributed by atoms with E-state index in [1.165, 1.54) is 11.9 Å². The quantitative estimate of drug-likeness (QED) is 0.714. The van der Waals surface area contributed by atoms with Gasteiger partial charge in [-0.25, -0.2) is 9.97 Å². The van der Waals surface area contributed by atoms with Crippen molar-refractivity contribution in [2.75, 3.05) is 5.32 Å². The van der Waals surface area contributed by atoms with Gasteiger partial charge in [-0.05, 0) is 29.7 Å². The van der Waals surface area contributed by atoms with Crippen LogP contribution >= 0.6 is 0 Å². The number of carbonyl (C=O) groups excluding carboxylic acids is 1. The van der Waals surface area contributed by atoms with Crippen LogP contribution in [-0.2, 0) is 6.54 Å². The normalized spacial score (nSPS) is 10.7. The first kappa shape index (κ1) is 16.7. The first-order valence-electron chi connectivity index (χ1n) is 8.12. The van der Waals surface area contributed by atoms with Crippen LogP contribution in [-0.4, -0.2) is 15.9 Å². The summed E-state index contributed by atoms with van der Waals surface area (Å²) in [6, 6.07) is 13.3. The predicted octanol–water partition coefficient (Wildman–Crippen LogP) is 3.87. The lowest BCUT2D eigenvalue weighted by Gasteiger charge is -2.14. The molecule has 128 valence electrons. The van der Waals surface area contributed by atoms with E-state index in [1.807, 2.05) is 18.2 Å². The molecule has 25 heavy (non-hydrogen) atoms. The number of anilines is 2. The Morgan fingerprint density at radius 3 is 2.76 bits per heavy atom. The summed E-state index contributed by atoms with van der Waals surface area (Å²) in [6.45, 7) is 4.58. The average molecular weight is 336 g/mol. The number of para-hydroxylation sites is 1. The lowest BCUT2D eigenvalue weighted by Crippen LogP contribution is -2.23. The Kier molecular flexibility index (Phi) is 5.09. The summed E-state index contributed by atoms with van der Waals surface area (Å²) < 4.78 is 5.20. The highest BCUT2D eigenvalue weighted by Gasteiger charge is 2.11. The molecule has 2 N–H and O–H groups in total. The van der Waals surface area contributed by atoms with E-state index in [1.54, 1.807) is 24.5 Å². The number of hydrogen-bond donors (Lipinski definition) is 2. The number of furan rings is 1. The van der Waals surface area contributed by atoms with Gasteiger partial charge in [-0.15, -0.1) is 0 Å². The Morgan fingerprint density at radius 1 is 1.16 bits per heavy atom. The van der Waals surface area contributed by atoms with Crippen molar-refractivity contribution in [2.24, 2.45) is 0 Å². The zero-order valence-electron chi connectivity index (χ0n) is 14.2. The Bertz CT molecular complexity index is 844. The molecule has 6 heteroatoms. The zero-order chi connectivity index (χ0) is 17.6. The molecule has 0 spiro atoms. The molecule has 0 bridgehead atoms. The van der Waals surface area contributed by atoms with Gasteiger partial charge in [0.1, 0.15) is 23.6 Å². The molecule has 0 saturated carbocycles. The second-order valence-electron chi connectivity index (χ2n) is 5.92. The van der Waals surface area contributed by atoms with Crippen molar-refractivity contribution >= 4 is 17.4 Å². The van der Waals surface area contributed by atoms with Crippen molar-refractivity contribution in [3.8, 4) is 0 Å². The van der Waals surface area contributed by atoms with Gasteiger partial charge in [0.2, 0.25) is 0 Å². The standard InChI is InChI=1S/C19H20N4O2/c1-13(2)15-7-3-4-8-16(15)23-18-10-17(21-12-22-18)19(24)20-11-14-6-5-9-25-14/h3-10,12-13H,11H2,1-2H3,(H,20,24)(H,21,22,23). The van der Waals surface area contributed by atoms with Gasteiger partial charge in [-0.3, -0.25) is 4.79 Å². The van der Waals surface area contributed by atoms with Gasteiger partial charge in [-0.2, -0.15) is 0 Å². The van der Waals surface area contributed by atoms with Crippen LogP contribution in [0.25, 0.3) is 0 Å². The van der Waals surface area contributed by atoms with E-state index in [0.717, 1.165) is 5.69 Å². The highest BCUT2D eigenvalue weighted by atomic mass is 16.3. The van der Waals surface area contributed by atoms with Crippen molar-refractivity contribution in [3.05, 3.63) is 72.1 Å². The predicted molar refractivity (Wildman–Crippen MR) is 95.7 cm³/mol. The minimum absolute atomic E-state index is 0.279. The van der Waals surface area contributed by atoms with Crippen LogP contribution < -0.4 is 10.6 Å². The van der Waals surface area contributed by atoms with Crippen LogP contribution in [0.2, 0.25) is 0 Å². The lowest BCUT2D eigenvalue weighted by molar-refractivity contribution is 0.0943. The van der Waals surface area contributed by atoms with Crippen LogP contribution in [0.4, 0.5) is 11.5 Å². The van der Waals surface area contributed by atoms with Gasteiger partial charge in [0, 0.05) is 11.8 Å². The number of amides is 1. The Balaban J connectivity index is 1.72. The first-order valence-corrected chi connectivity index (χ1v) is 8.12. The summed E-state index contributed by atoms with van der Waals surface area (Å²) in [5, 5.41) is 6.04. The Morgan fingerprint density at radius 2 is 2.00 bits per heavy atom. The average Bonchev–Trinajstić information content (AvgIpc) is 3.14. The highest BCUT2D eigenvalue weighted by Crippen LogP contribution is 2.26. The topological polar surface area (TPSA) is 80.0 Å². The van der Waals surface area contributed by atoms with E-state index in [0.29, 0.717) is 29.7 Å². The molecule has 0 unspecified atom stereocenters. The number of rotatable bonds is 6. The lowest BCUT2D eigenvalue weighted by atomic mass is 10.0. The van der Waals surface area contributed by atoms with E-state index >= 15 is 0 Å². The van der Waals surface area contributed by atoms with Crippen molar-refractivity contribution in [3.63, 3.8) is 0 Å². The molecule has 0 atom stereocenters. The van der Waals surface area contributed by atoms with Gasteiger partial charge < -0.3 is 15.1 Å². The molecule has 0 radical (unpaired) electrons. The van der Waals surface area contributed by atoms with Crippen molar-refractivity contribution in [1.29, 1.82) is 0 Å². The van der Waals surface area contributed by atoms with Crippen molar-refractivity contribution in [2.45, 2.75) is 26.3 Å². The van der Waals surface area contributed by atoms with Gasteiger partial charge in [0.05, 0.1) is 12.8 Å². The number of carbonyl (C=O) groups is 1. The van der Waals surface area contributed by atoms with Crippen molar-refractivity contribution in [1.82, 2.24) is 15.3 Å². The van der Waals surface area contributed by atoms with Gasteiger partial charge in [0.25, 0.3) is 5.91 Å². The van der Waals surface area contributed by atoms with Crippen LogP contribution in [0.15, 0.2) is 59.5 Å². The maximum Gasteiger partial charge on any atom is 0.270 e. The molecule has 1 aromatic carbocycles. The zero-order valence-corrected chi connectivity index (χ0v) is 14.2. The fraction of sp³-hybridized carbons (Fsp3) is 0.211. The smallest absolute Gasteiger partial charge is 0.270 e. The third-order valence-corrected chi connectivity index (χ3v) is 3.75. The van der Waals surface area contributed by atoms with E-state index in [9.17, 15) is 4.79 Å². The van der Waals surface area contributed by atoms with Crippen LogP contribution in [0.3, 0.4) is 0 Å². The van der Waals surface area contributed by atoms with Gasteiger partial charge in [-0.1, -0.05) is 32.0 Å². The highest BCUT2D eigenvalue weighted by molar-refractivity contribution is 5.92. The minimum Gasteiger partial charge on any atom is -0.467 e. The second kappa shape index (κ2) is 7.61. The van der Waals surface area contributed by atoms with E-state index in [-0.39, 0.29) is 5.91 Å². The second-order valence-corrected chi connectivity index (χ2v) is 5.92. The molecule has 3 rings (SSSR count). The number of benzene rings is 1. The molecule has 6 nitrogen and oxygen atoms in total. The van der Waals surface area contributed by atoms with E-state index in [4.69, 9.17) is 4.42 Å². The number of hydrogen-bond acceptors (Lipinski definition) is 5. The molecule has 2 heterocycles. The number of nitrogens with zero attached hydrogens (tertiary/aromatic N) is 2. The fourth-order valence-electron chi connectivity index (χ4n) is 2.47. The molecule has 0 aliphatic rings. The summed E-state index contributed by atoms with van der Waals surface area (Å²) >= 11 is 0. The molecule has 0 saturated heterocycles. The summed E-state index contributed by atoms with van der Waals surface area (Å²) in [4.78, 5) is 20.5. The van der Waals surface area contributed by atoms with Crippen LogP contribution in [0, 0.1) is 0 Å². The third-order valence-electron chi connectivity index (χ3n) is 3.75. The SMILES string of the molecule is CC(C)c1ccccc1Nc1cc(C(=O)NCc2ccco2)ncn1. The summed E-state index contributed by atoms with van der Waals surface area (Å²) in [5.74, 6) is 1.36. The van der Waals surface area contributed by atoms with Gasteiger partial charge >= 0.3 is 0 Å². The Labute approximate surface area is 146 Å². The fourth-order valence-corrected chi connectivity index (χ4v) is 2.47. The maximum absolute atomic E-state index is 12.2. The van der Waals surface area contributed by atoms with Crippen LogP contribution in [0.1, 0.15) is 41.6 Å². The molecule has 0 aliphatic carbocycles. The third kappa shape index (κ3) is 4.23. The summed E-state index contributed by atoms with van der Waals surface area (Å²) in [5.41, 5.74) is 2.45. The largest absolute Gasteiger partial charge is 0.467 e. The van der Waals surface area contributed by atoms with E-state index < -0.39 is 0 Å². The summed E-state index contributed by atoms with van der Waals surface area (Å²) in [7, 11) is 0. The number of nitrogens with one attached hydrogen (secondary N) is 2.